The van der Waals surface area contributed by atoms with Gasteiger partial charge in [0.15, 0.2) is 11.6 Å². The molecule has 1 unspecified atom stereocenters. The highest BCUT2D eigenvalue weighted by molar-refractivity contribution is 5.92. The summed E-state index contributed by atoms with van der Waals surface area (Å²) in [4.78, 5) is 14.4. The third kappa shape index (κ3) is 4.72. The average molecular weight is 437 g/mol. The highest BCUT2D eigenvalue weighted by atomic mass is 19.2. The molecule has 1 amide bonds. The quantitative estimate of drug-likeness (QED) is 0.582. The van der Waals surface area contributed by atoms with Gasteiger partial charge in [-0.15, -0.1) is 0 Å². The maximum Gasteiger partial charge on any atom is 0.244 e. The molecule has 5 nitrogen and oxygen atoms in total. The fourth-order valence-electron chi connectivity index (χ4n) is 4.09. The van der Waals surface area contributed by atoms with Gasteiger partial charge in [0, 0.05) is 48.7 Å². The number of carbonyl (C=O) groups is 1. The molecule has 1 aliphatic rings. The molecule has 1 atom stereocenters. The van der Waals surface area contributed by atoms with Gasteiger partial charge >= 0.3 is 0 Å². The van der Waals surface area contributed by atoms with E-state index in [-0.39, 0.29) is 11.8 Å². The maximum absolute atomic E-state index is 13.5. The fourth-order valence-corrected chi connectivity index (χ4v) is 4.09. The zero-order valence-electron chi connectivity index (χ0n) is 18.2. The molecule has 2 heterocycles. The first-order valence-electron chi connectivity index (χ1n) is 10.7. The number of carbonyl (C=O) groups excluding carboxylic acids is 1. The van der Waals surface area contributed by atoms with Crippen molar-refractivity contribution in [3.8, 4) is 5.69 Å². The molecule has 2 aromatic carbocycles. The van der Waals surface area contributed by atoms with E-state index in [1.165, 1.54) is 12.1 Å². The van der Waals surface area contributed by atoms with E-state index in [0.29, 0.717) is 18.8 Å². The van der Waals surface area contributed by atoms with Crippen LogP contribution in [-0.2, 0) is 4.79 Å². The minimum Gasteiger partial charge on any atom is -0.371 e. The van der Waals surface area contributed by atoms with Crippen LogP contribution in [0.25, 0.3) is 11.8 Å². The summed E-state index contributed by atoms with van der Waals surface area (Å²) in [6.45, 7) is 5.88. The molecular formula is C25H26F2N4O. The van der Waals surface area contributed by atoms with E-state index in [2.05, 4.69) is 10.4 Å². The van der Waals surface area contributed by atoms with Crippen molar-refractivity contribution in [2.45, 2.75) is 20.3 Å². The zero-order valence-corrected chi connectivity index (χ0v) is 18.2. The van der Waals surface area contributed by atoms with Crippen LogP contribution >= 0.6 is 0 Å². The summed E-state index contributed by atoms with van der Waals surface area (Å²) >= 11 is 0. The molecule has 1 saturated heterocycles. The number of hydrogen-bond acceptors (Lipinski definition) is 3. The molecule has 3 aromatic rings. The van der Waals surface area contributed by atoms with E-state index >= 15 is 0 Å². The number of hydrogen-bond donors (Lipinski definition) is 1. The molecule has 1 N–H and O–H groups in total. The van der Waals surface area contributed by atoms with Gasteiger partial charge in [-0.2, -0.15) is 5.10 Å². The minimum absolute atomic E-state index is 0.164. The van der Waals surface area contributed by atoms with Crippen LogP contribution in [0.15, 0.2) is 54.6 Å². The molecule has 0 bridgehead atoms. The first-order valence-corrected chi connectivity index (χ1v) is 10.7. The summed E-state index contributed by atoms with van der Waals surface area (Å²) in [5.41, 5.74) is 4.39. The lowest BCUT2D eigenvalue weighted by Crippen LogP contribution is -2.29. The van der Waals surface area contributed by atoms with E-state index in [1.807, 2.05) is 53.8 Å². The summed E-state index contributed by atoms with van der Waals surface area (Å²) in [6.07, 6.45) is 4.22. The lowest BCUT2D eigenvalue weighted by atomic mass is 10.1. The first-order chi connectivity index (χ1) is 15.4. The Labute approximate surface area is 186 Å². The van der Waals surface area contributed by atoms with Crippen LogP contribution in [0.5, 0.6) is 0 Å². The number of aryl methyl sites for hydroxylation is 1. The Bertz CT molecular complexity index is 1140. The molecule has 0 radical (unpaired) electrons. The number of halogens is 2. The van der Waals surface area contributed by atoms with Crippen molar-refractivity contribution in [1.29, 1.82) is 0 Å². The number of nitrogens with one attached hydrogen (secondary N) is 1. The Morgan fingerprint density at radius 2 is 1.91 bits per heavy atom. The van der Waals surface area contributed by atoms with Gasteiger partial charge in [0.1, 0.15) is 0 Å². The van der Waals surface area contributed by atoms with Crippen molar-refractivity contribution in [2.24, 2.45) is 5.92 Å². The standard InChI is InChI=1S/C25H26F2N4O/c1-17-22(18(2)31(29-17)20-6-4-3-5-7-20)9-11-25(32)28-15-19-12-13-30(16-19)21-8-10-23(26)24(27)14-21/h3-11,14,19H,12-13,15-16H2,1-2H3,(H,28,32)/b11-9+. The summed E-state index contributed by atoms with van der Waals surface area (Å²) < 4.78 is 28.5. The van der Waals surface area contributed by atoms with E-state index in [9.17, 15) is 13.6 Å². The van der Waals surface area contributed by atoms with E-state index in [4.69, 9.17) is 0 Å². The second kappa shape index (κ2) is 9.34. The van der Waals surface area contributed by atoms with Gasteiger partial charge in [-0.25, -0.2) is 13.5 Å². The maximum atomic E-state index is 13.5. The molecule has 166 valence electrons. The molecule has 7 heteroatoms. The van der Waals surface area contributed by atoms with Gasteiger partial charge < -0.3 is 10.2 Å². The van der Waals surface area contributed by atoms with Crippen molar-refractivity contribution in [3.05, 3.63) is 83.2 Å². The molecule has 32 heavy (non-hydrogen) atoms. The monoisotopic (exact) mass is 436 g/mol. The fraction of sp³-hybridized carbons (Fsp3) is 0.280. The van der Waals surface area contributed by atoms with E-state index in [1.54, 1.807) is 12.1 Å². The number of anilines is 1. The van der Waals surface area contributed by atoms with E-state index < -0.39 is 11.6 Å². The second-order valence-electron chi connectivity index (χ2n) is 8.11. The SMILES string of the molecule is Cc1nn(-c2ccccc2)c(C)c1/C=C/C(=O)NCC1CCN(c2ccc(F)c(F)c2)C1. The Morgan fingerprint density at radius 3 is 2.66 bits per heavy atom. The number of nitrogens with zero attached hydrogens (tertiary/aromatic N) is 3. The van der Waals surface area contributed by atoms with Crippen molar-refractivity contribution < 1.29 is 13.6 Å². The van der Waals surface area contributed by atoms with Crippen LogP contribution in [0.1, 0.15) is 23.4 Å². The Balaban J connectivity index is 1.33. The Morgan fingerprint density at radius 1 is 1.12 bits per heavy atom. The topological polar surface area (TPSA) is 50.2 Å². The summed E-state index contributed by atoms with van der Waals surface area (Å²) in [5, 5.41) is 7.55. The van der Waals surface area contributed by atoms with Crippen LogP contribution in [0.2, 0.25) is 0 Å². The summed E-state index contributed by atoms with van der Waals surface area (Å²) in [6, 6.07) is 13.8. The van der Waals surface area contributed by atoms with Gasteiger partial charge in [0.25, 0.3) is 0 Å². The molecule has 0 spiro atoms. The zero-order chi connectivity index (χ0) is 22.7. The highest BCUT2D eigenvalue weighted by Crippen LogP contribution is 2.25. The lowest BCUT2D eigenvalue weighted by molar-refractivity contribution is -0.116. The predicted molar refractivity (Wildman–Crippen MR) is 122 cm³/mol. The average Bonchev–Trinajstić information content (AvgIpc) is 3.38. The smallest absolute Gasteiger partial charge is 0.244 e. The Kier molecular flexibility index (Phi) is 6.35. The van der Waals surface area contributed by atoms with Crippen molar-refractivity contribution in [3.63, 3.8) is 0 Å². The van der Waals surface area contributed by atoms with Crippen LogP contribution in [0.4, 0.5) is 14.5 Å². The summed E-state index contributed by atoms with van der Waals surface area (Å²) in [5.74, 6) is -1.60. The highest BCUT2D eigenvalue weighted by Gasteiger charge is 2.23. The lowest BCUT2D eigenvalue weighted by Gasteiger charge is -2.19. The second-order valence-corrected chi connectivity index (χ2v) is 8.11. The first kappa shape index (κ1) is 21.7. The largest absolute Gasteiger partial charge is 0.371 e. The van der Waals surface area contributed by atoms with Crippen molar-refractivity contribution in [1.82, 2.24) is 15.1 Å². The van der Waals surface area contributed by atoms with Gasteiger partial charge in [-0.05, 0) is 56.5 Å². The van der Waals surface area contributed by atoms with Gasteiger partial charge in [0.05, 0.1) is 11.4 Å². The van der Waals surface area contributed by atoms with Crippen LogP contribution in [-0.4, -0.2) is 35.3 Å². The van der Waals surface area contributed by atoms with Gasteiger partial charge in [0.2, 0.25) is 5.91 Å². The number of para-hydroxylation sites is 1. The van der Waals surface area contributed by atoms with Crippen LogP contribution in [0, 0.1) is 31.4 Å². The molecule has 0 aliphatic carbocycles. The predicted octanol–water partition coefficient (Wildman–Crippen LogP) is 4.42. The van der Waals surface area contributed by atoms with Crippen LogP contribution < -0.4 is 10.2 Å². The molecule has 1 aromatic heterocycles. The molecular weight excluding hydrogens is 410 g/mol. The third-order valence-corrected chi connectivity index (χ3v) is 5.87. The number of amides is 1. The van der Waals surface area contributed by atoms with Crippen molar-refractivity contribution in [2.75, 3.05) is 24.5 Å². The molecule has 0 saturated carbocycles. The summed E-state index contributed by atoms with van der Waals surface area (Å²) in [7, 11) is 0. The third-order valence-electron chi connectivity index (χ3n) is 5.87. The number of benzene rings is 2. The number of rotatable bonds is 6. The molecule has 1 aliphatic heterocycles. The Hall–Kier alpha value is -3.48. The van der Waals surface area contributed by atoms with Crippen LogP contribution in [0.3, 0.4) is 0 Å². The van der Waals surface area contributed by atoms with Gasteiger partial charge in [-0.1, -0.05) is 18.2 Å². The number of aromatic nitrogens is 2. The van der Waals surface area contributed by atoms with Gasteiger partial charge in [-0.3, -0.25) is 4.79 Å². The van der Waals surface area contributed by atoms with E-state index in [0.717, 1.165) is 41.7 Å². The minimum atomic E-state index is -0.844. The van der Waals surface area contributed by atoms with Crippen molar-refractivity contribution >= 4 is 17.7 Å². The molecule has 1 fully saturated rings. The normalized spacial score (nSPS) is 16.1. The molecule has 4 rings (SSSR count).